The smallest absolute Gasteiger partial charge is 0.251 e. The Bertz CT molecular complexity index is 81.5. The summed E-state index contributed by atoms with van der Waals surface area (Å²) in [7, 11) is -1.07. The van der Waals surface area contributed by atoms with E-state index < -0.39 is 7.38 Å². The molecule has 0 aliphatic heterocycles. The van der Waals surface area contributed by atoms with Crippen LogP contribution in [-0.2, 0) is 0 Å². The van der Waals surface area contributed by atoms with Gasteiger partial charge < -0.3 is 0 Å². The standard InChI is InChI=1S/C3H9ClSi.CH3BN.Na/c1-5(2,3)4;2-1-3;/h1-3H3;2H3;/q;-1;+1. The summed E-state index contributed by atoms with van der Waals surface area (Å²) in [5, 5.41) is 7.43. The molecule has 1 nitrogen and oxygen atoms in total. The van der Waals surface area contributed by atoms with Gasteiger partial charge in [-0.15, -0.1) is 0 Å². The van der Waals surface area contributed by atoms with Crippen LogP contribution >= 0.6 is 11.1 Å². The van der Waals surface area contributed by atoms with Crippen LogP contribution in [0.4, 0.5) is 0 Å². The number of nitriles is 1. The molecule has 0 aromatic heterocycles. The molecule has 48 valence electrons. The maximum Gasteiger partial charge on any atom is 1.00 e. The fourth-order valence-electron chi connectivity index (χ4n) is 0. The first-order valence-electron chi connectivity index (χ1n) is 1.91. The summed E-state index contributed by atoms with van der Waals surface area (Å²) in [6.45, 7) is 6.28. The third kappa shape index (κ3) is 401. The van der Waals surface area contributed by atoms with Gasteiger partial charge in [-0.05, 0) is 0 Å². The van der Waals surface area contributed by atoms with Gasteiger partial charge in [-0.1, -0.05) is 19.6 Å². The molecule has 0 aromatic rings. The number of hydrogen-bond acceptors (Lipinski definition) is 1. The van der Waals surface area contributed by atoms with E-state index in [-0.39, 0.29) is 37.4 Å². The normalized spacial score (nSPS) is 7.56. The van der Waals surface area contributed by atoms with Gasteiger partial charge in [0.05, 0.1) is 7.85 Å². The average molecular weight is 171 g/mol. The molecular weight excluding hydrogens is 159 g/mol. The molecule has 0 radical (unpaired) electrons. The van der Waals surface area contributed by atoms with E-state index in [4.69, 9.17) is 16.3 Å². The fraction of sp³-hybridized carbons (Fsp3) is 0.750. The number of hydrogen-bond donors (Lipinski definition) is 0. The second kappa shape index (κ2) is 9.06. The molecule has 5 heteroatoms. The minimum absolute atomic E-state index is 0. The molecule has 0 atom stereocenters. The van der Waals surface area contributed by atoms with Crippen molar-refractivity contribution in [3.8, 4) is 5.97 Å². The van der Waals surface area contributed by atoms with Crippen LogP contribution in [-0.4, -0.2) is 15.2 Å². The Balaban J connectivity index is -0.0000000800. The summed E-state index contributed by atoms with van der Waals surface area (Å²) < 4.78 is 0. The molecule has 0 N–H and O–H groups in total. The van der Waals surface area contributed by atoms with Crippen LogP contribution < -0.4 is 29.6 Å². The van der Waals surface area contributed by atoms with Crippen molar-refractivity contribution >= 4 is 26.3 Å². The van der Waals surface area contributed by atoms with E-state index in [1.165, 1.54) is 0 Å². The monoisotopic (exact) mass is 171 g/mol. The maximum absolute atomic E-state index is 7.43. The van der Waals surface area contributed by atoms with Gasteiger partial charge in [-0.3, -0.25) is 5.26 Å². The Labute approximate surface area is 86.2 Å². The first-order chi connectivity index (χ1) is 3.41. The molecule has 0 aliphatic rings. The van der Waals surface area contributed by atoms with Crippen molar-refractivity contribution < 1.29 is 29.6 Å². The van der Waals surface area contributed by atoms with Crippen LogP contribution in [0.1, 0.15) is 0 Å². The fourth-order valence-corrected chi connectivity index (χ4v) is 0. The van der Waals surface area contributed by atoms with Crippen molar-refractivity contribution in [1.29, 1.82) is 5.26 Å². The van der Waals surface area contributed by atoms with E-state index in [9.17, 15) is 0 Å². The van der Waals surface area contributed by atoms with Gasteiger partial charge in [0.25, 0.3) is 0 Å². The maximum atomic E-state index is 7.43. The minimum Gasteiger partial charge on any atom is -0.251 e. The molecule has 0 saturated carbocycles. The van der Waals surface area contributed by atoms with Crippen LogP contribution in [0, 0.1) is 11.2 Å². The zero-order chi connectivity index (χ0) is 7.21. The van der Waals surface area contributed by atoms with E-state index in [1.807, 2.05) is 5.97 Å². The molecule has 9 heavy (non-hydrogen) atoms. The molecular formula is C4H12BClNNaSi. The van der Waals surface area contributed by atoms with Gasteiger partial charge in [-0.25, -0.2) is 0 Å². The van der Waals surface area contributed by atoms with E-state index in [0.717, 1.165) is 0 Å². The summed E-state index contributed by atoms with van der Waals surface area (Å²) in [5.41, 5.74) is 0. The molecule has 0 bridgehead atoms. The van der Waals surface area contributed by atoms with Gasteiger partial charge in [-0.2, -0.15) is 17.0 Å². The summed E-state index contributed by atoms with van der Waals surface area (Å²) in [5.74, 6) is 2.00. The van der Waals surface area contributed by atoms with E-state index in [2.05, 4.69) is 19.6 Å². The van der Waals surface area contributed by atoms with E-state index >= 15 is 0 Å². The SMILES string of the molecule is C[Si](C)(C)Cl.[BH3-]C#N.[Na+]. The number of halogens is 1. The first-order valence-corrected chi connectivity index (χ1v) is 6.42. The van der Waals surface area contributed by atoms with Gasteiger partial charge in [0.2, 0.25) is 0 Å². The summed E-state index contributed by atoms with van der Waals surface area (Å²) in [4.78, 5) is 0. The molecule has 0 aromatic carbocycles. The van der Waals surface area contributed by atoms with Crippen LogP contribution in [0.3, 0.4) is 0 Å². The Morgan fingerprint density at radius 1 is 1.44 bits per heavy atom. The van der Waals surface area contributed by atoms with Gasteiger partial charge >= 0.3 is 29.6 Å². The van der Waals surface area contributed by atoms with Crippen molar-refractivity contribution in [2.75, 3.05) is 0 Å². The van der Waals surface area contributed by atoms with Crippen LogP contribution in [0.25, 0.3) is 0 Å². The number of nitrogens with zero attached hydrogens (tertiary/aromatic N) is 1. The van der Waals surface area contributed by atoms with E-state index in [1.54, 1.807) is 0 Å². The summed E-state index contributed by atoms with van der Waals surface area (Å²) >= 11 is 5.67. The second-order valence-electron chi connectivity index (χ2n) is 2.07. The largest absolute Gasteiger partial charge is 1.00 e. The molecule has 0 aliphatic carbocycles. The molecule has 0 unspecified atom stereocenters. The first kappa shape index (κ1) is 16.6. The van der Waals surface area contributed by atoms with Gasteiger partial charge in [0.15, 0.2) is 0 Å². The molecule has 0 amide bonds. The van der Waals surface area contributed by atoms with E-state index in [0.29, 0.717) is 0 Å². The van der Waals surface area contributed by atoms with Crippen molar-refractivity contribution in [2.45, 2.75) is 19.6 Å². The van der Waals surface area contributed by atoms with Crippen molar-refractivity contribution in [3.63, 3.8) is 0 Å². The topological polar surface area (TPSA) is 23.8 Å². The van der Waals surface area contributed by atoms with Gasteiger partial charge in [0.1, 0.15) is 7.38 Å². The van der Waals surface area contributed by atoms with Crippen molar-refractivity contribution in [2.24, 2.45) is 0 Å². The predicted molar refractivity (Wildman–Crippen MR) is 44.8 cm³/mol. The van der Waals surface area contributed by atoms with Crippen LogP contribution in [0.15, 0.2) is 0 Å². The molecule has 0 fully saturated rings. The van der Waals surface area contributed by atoms with Gasteiger partial charge in [0, 0.05) is 0 Å². The quantitative estimate of drug-likeness (QED) is 0.303. The second-order valence-corrected chi connectivity index (χ2v) is 9.60. The summed E-state index contributed by atoms with van der Waals surface area (Å²) in [6.07, 6.45) is 0. The van der Waals surface area contributed by atoms with Crippen molar-refractivity contribution in [3.05, 3.63) is 0 Å². The summed E-state index contributed by atoms with van der Waals surface area (Å²) in [6, 6.07) is 0. The zero-order valence-corrected chi connectivity index (χ0v) is 9.58. The third-order valence-corrected chi connectivity index (χ3v) is 0. The van der Waals surface area contributed by atoms with Crippen LogP contribution in [0.5, 0.6) is 0 Å². The predicted octanol–water partition coefficient (Wildman–Crippen LogP) is -2.10. The van der Waals surface area contributed by atoms with Crippen LogP contribution in [0.2, 0.25) is 19.6 Å². The number of rotatable bonds is 0. The average Bonchev–Trinajstić information content (AvgIpc) is 1.27. The molecule has 0 spiro atoms. The Morgan fingerprint density at radius 2 is 1.44 bits per heavy atom. The molecule has 0 saturated heterocycles. The molecule has 0 heterocycles. The zero-order valence-electron chi connectivity index (χ0n) is 5.83. The molecule has 0 rings (SSSR count). The Kier molecular flexibility index (Phi) is 16.7. The Morgan fingerprint density at radius 3 is 1.44 bits per heavy atom. The Hall–Kier alpha value is 1.06. The minimum atomic E-state index is -1.14. The van der Waals surface area contributed by atoms with Crippen molar-refractivity contribution in [1.82, 2.24) is 0 Å². The third-order valence-electron chi connectivity index (χ3n) is 0.